The van der Waals surface area contributed by atoms with Gasteiger partial charge in [-0.2, -0.15) is 0 Å². The third-order valence-corrected chi connectivity index (χ3v) is 4.55. The smallest absolute Gasteiger partial charge is 0.246 e. The number of fused-ring (bicyclic) bond motifs is 1. The molecule has 1 N–H and O–H groups in total. The number of hydrogen-bond acceptors (Lipinski definition) is 5. The predicted octanol–water partition coefficient (Wildman–Crippen LogP) is 1.24. The lowest BCUT2D eigenvalue weighted by Gasteiger charge is -2.25. The van der Waals surface area contributed by atoms with Crippen molar-refractivity contribution in [1.29, 1.82) is 0 Å². The highest BCUT2D eigenvalue weighted by atomic mass is 16.5. The molecule has 1 aliphatic rings. The van der Waals surface area contributed by atoms with Crippen LogP contribution < -0.4 is 5.32 Å². The van der Waals surface area contributed by atoms with Crippen molar-refractivity contribution in [1.82, 2.24) is 24.5 Å². The van der Waals surface area contributed by atoms with Crippen molar-refractivity contribution in [3.8, 4) is 0 Å². The van der Waals surface area contributed by atoms with Gasteiger partial charge in [0, 0.05) is 49.5 Å². The number of benzene rings is 1. The summed E-state index contributed by atoms with van der Waals surface area (Å²) in [6, 6.07) is 7.91. The number of morpholine rings is 1. The third-order valence-electron chi connectivity index (χ3n) is 4.55. The summed E-state index contributed by atoms with van der Waals surface area (Å²) >= 11 is 0. The normalized spacial score (nSPS) is 15.4. The Kier molecular flexibility index (Phi) is 4.68. The second-order valence-corrected chi connectivity index (χ2v) is 6.54. The van der Waals surface area contributed by atoms with Crippen LogP contribution in [-0.4, -0.2) is 56.7 Å². The highest BCUT2D eigenvalue weighted by molar-refractivity contribution is 5.93. The summed E-state index contributed by atoms with van der Waals surface area (Å²) in [7, 11) is 2.00. The fraction of sp³-hybridized carbons (Fsp3) is 0.389. The summed E-state index contributed by atoms with van der Waals surface area (Å²) in [5, 5.41) is 12.2. The molecule has 26 heavy (non-hydrogen) atoms. The van der Waals surface area contributed by atoms with Gasteiger partial charge in [0.25, 0.3) is 0 Å². The molecule has 1 saturated heterocycles. The molecule has 136 valence electrons. The summed E-state index contributed by atoms with van der Waals surface area (Å²) in [4.78, 5) is 14.6. The van der Waals surface area contributed by atoms with Gasteiger partial charge in [-0.15, -0.1) is 5.10 Å². The Hall–Kier alpha value is -2.71. The molecule has 0 radical (unpaired) electrons. The van der Waals surface area contributed by atoms with Crippen molar-refractivity contribution < 1.29 is 9.53 Å². The molecule has 0 saturated carbocycles. The first-order valence-corrected chi connectivity index (χ1v) is 8.71. The molecule has 1 aliphatic heterocycles. The van der Waals surface area contributed by atoms with Crippen molar-refractivity contribution in [3.63, 3.8) is 0 Å². The van der Waals surface area contributed by atoms with Crippen LogP contribution in [0.5, 0.6) is 0 Å². The fourth-order valence-electron chi connectivity index (χ4n) is 3.18. The van der Waals surface area contributed by atoms with E-state index in [4.69, 9.17) is 4.74 Å². The van der Waals surface area contributed by atoms with E-state index in [9.17, 15) is 4.79 Å². The molecule has 3 aromatic rings. The molecule has 3 heterocycles. The van der Waals surface area contributed by atoms with E-state index < -0.39 is 0 Å². The second kappa shape index (κ2) is 7.27. The van der Waals surface area contributed by atoms with Crippen LogP contribution in [0.15, 0.2) is 36.7 Å². The monoisotopic (exact) mass is 354 g/mol. The Labute approximate surface area is 151 Å². The van der Waals surface area contributed by atoms with Crippen LogP contribution in [0.4, 0.5) is 5.69 Å². The molecular weight excluding hydrogens is 332 g/mol. The minimum absolute atomic E-state index is 0.122. The topological polar surface area (TPSA) is 77.2 Å². The lowest BCUT2D eigenvalue weighted by molar-refractivity contribution is -0.116. The van der Waals surface area contributed by atoms with E-state index in [0.717, 1.165) is 55.1 Å². The van der Waals surface area contributed by atoms with Crippen LogP contribution in [-0.2, 0) is 29.7 Å². The van der Waals surface area contributed by atoms with Crippen molar-refractivity contribution in [2.45, 2.75) is 13.1 Å². The Balaban J connectivity index is 1.35. The van der Waals surface area contributed by atoms with Crippen molar-refractivity contribution in [3.05, 3.63) is 42.4 Å². The molecule has 4 rings (SSSR count). The number of carbonyl (C=O) groups excluding carboxylic acids is 1. The van der Waals surface area contributed by atoms with E-state index in [2.05, 4.69) is 20.5 Å². The van der Waals surface area contributed by atoms with E-state index in [1.165, 1.54) is 0 Å². The zero-order chi connectivity index (χ0) is 17.9. The van der Waals surface area contributed by atoms with Gasteiger partial charge in [-0.1, -0.05) is 5.21 Å². The van der Waals surface area contributed by atoms with Crippen LogP contribution in [0.2, 0.25) is 0 Å². The summed E-state index contributed by atoms with van der Waals surface area (Å²) in [5.74, 6) is -0.122. The molecule has 0 unspecified atom stereocenters. The average molecular weight is 354 g/mol. The maximum Gasteiger partial charge on any atom is 0.246 e. The molecule has 1 aromatic carbocycles. The fourth-order valence-corrected chi connectivity index (χ4v) is 3.18. The highest BCUT2D eigenvalue weighted by Crippen LogP contribution is 2.19. The predicted molar refractivity (Wildman–Crippen MR) is 97.7 cm³/mol. The number of nitrogens with one attached hydrogen (secondary N) is 1. The molecule has 1 amide bonds. The molecule has 0 atom stereocenters. The Bertz CT molecular complexity index is 909. The first-order valence-electron chi connectivity index (χ1n) is 8.71. The first-order chi connectivity index (χ1) is 12.7. The van der Waals surface area contributed by atoms with Gasteiger partial charge in [0.2, 0.25) is 5.91 Å². The van der Waals surface area contributed by atoms with Crippen molar-refractivity contribution in [2.24, 2.45) is 7.05 Å². The maximum absolute atomic E-state index is 12.3. The van der Waals surface area contributed by atoms with E-state index in [1.54, 1.807) is 4.68 Å². The zero-order valence-corrected chi connectivity index (χ0v) is 14.8. The maximum atomic E-state index is 12.3. The van der Waals surface area contributed by atoms with Gasteiger partial charge in [0.05, 0.1) is 25.1 Å². The molecule has 1 fully saturated rings. The molecule has 0 spiro atoms. The van der Waals surface area contributed by atoms with Crippen LogP contribution in [0.3, 0.4) is 0 Å². The number of amides is 1. The number of ether oxygens (including phenoxy) is 1. The minimum atomic E-state index is -0.122. The Morgan fingerprint density at radius 2 is 2.12 bits per heavy atom. The number of aromatic nitrogens is 4. The first kappa shape index (κ1) is 16.7. The summed E-state index contributed by atoms with van der Waals surface area (Å²) in [6.45, 7) is 4.17. The van der Waals surface area contributed by atoms with E-state index in [0.29, 0.717) is 0 Å². The molecule has 8 nitrogen and oxygen atoms in total. The van der Waals surface area contributed by atoms with Gasteiger partial charge in [0.15, 0.2) is 0 Å². The number of anilines is 1. The molecule has 0 aliphatic carbocycles. The third kappa shape index (κ3) is 3.76. The van der Waals surface area contributed by atoms with E-state index in [-0.39, 0.29) is 12.5 Å². The summed E-state index contributed by atoms with van der Waals surface area (Å²) in [6.07, 6.45) is 3.83. The lowest BCUT2D eigenvalue weighted by Crippen LogP contribution is -2.35. The standard InChI is InChI=1S/C18H22N6O2/c1-22-5-4-14-10-15(2-3-17(14)22)19-18(25)13-24-12-16(20-21-24)11-23-6-8-26-9-7-23/h2-5,10,12H,6-9,11,13H2,1H3,(H,19,25). The van der Waals surface area contributed by atoms with Gasteiger partial charge < -0.3 is 14.6 Å². The minimum Gasteiger partial charge on any atom is -0.379 e. The Morgan fingerprint density at radius 1 is 1.27 bits per heavy atom. The van der Waals surface area contributed by atoms with Crippen LogP contribution >= 0.6 is 0 Å². The zero-order valence-electron chi connectivity index (χ0n) is 14.8. The second-order valence-electron chi connectivity index (χ2n) is 6.54. The molecule has 2 aromatic heterocycles. The highest BCUT2D eigenvalue weighted by Gasteiger charge is 2.13. The van der Waals surface area contributed by atoms with Gasteiger partial charge in [-0.25, -0.2) is 4.68 Å². The average Bonchev–Trinajstić information content (AvgIpc) is 3.22. The largest absolute Gasteiger partial charge is 0.379 e. The number of carbonyl (C=O) groups is 1. The van der Waals surface area contributed by atoms with Gasteiger partial charge in [0.1, 0.15) is 6.54 Å². The summed E-state index contributed by atoms with van der Waals surface area (Å²) < 4.78 is 8.97. The van der Waals surface area contributed by atoms with E-state index >= 15 is 0 Å². The van der Waals surface area contributed by atoms with Crippen LogP contribution in [0.1, 0.15) is 5.69 Å². The van der Waals surface area contributed by atoms with Gasteiger partial charge in [-0.05, 0) is 24.3 Å². The SMILES string of the molecule is Cn1ccc2cc(NC(=O)Cn3cc(CN4CCOCC4)nn3)ccc21. The Morgan fingerprint density at radius 3 is 2.96 bits per heavy atom. The van der Waals surface area contributed by atoms with Crippen LogP contribution in [0.25, 0.3) is 10.9 Å². The number of hydrogen-bond donors (Lipinski definition) is 1. The molecular formula is C18H22N6O2. The van der Waals surface area contributed by atoms with Gasteiger partial charge in [-0.3, -0.25) is 9.69 Å². The van der Waals surface area contributed by atoms with Crippen molar-refractivity contribution in [2.75, 3.05) is 31.6 Å². The lowest BCUT2D eigenvalue weighted by atomic mass is 10.2. The van der Waals surface area contributed by atoms with Gasteiger partial charge >= 0.3 is 0 Å². The quantitative estimate of drug-likeness (QED) is 0.746. The van der Waals surface area contributed by atoms with E-state index in [1.807, 2.05) is 48.3 Å². The summed E-state index contributed by atoms with van der Waals surface area (Å²) in [5.41, 5.74) is 2.78. The molecule has 8 heteroatoms. The molecule has 0 bridgehead atoms. The van der Waals surface area contributed by atoms with Crippen molar-refractivity contribution >= 4 is 22.5 Å². The number of nitrogens with zero attached hydrogens (tertiary/aromatic N) is 5. The van der Waals surface area contributed by atoms with Crippen LogP contribution in [0, 0.1) is 0 Å². The number of rotatable bonds is 5. The number of aryl methyl sites for hydroxylation is 1.